The second kappa shape index (κ2) is 5.84. The lowest BCUT2D eigenvalue weighted by Crippen LogP contribution is -2.13. The van der Waals surface area contributed by atoms with E-state index in [1.54, 1.807) is 12.1 Å². The summed E-state index contributed by atoms with van der Waals surface area (Å²) >= 11 is 1.42. The number of nitrogen functional groups attached to an aromatic ring is 1. The first-order valence-electron chi connectivity index (χ1n) is 7.05. The molecule has 0 spiro atoms. The van der Waals surface area contributed by atoms with E-state index in [2.05, 4.69) is 17.2 Å². The summed E-state index contributed by atoms with van der Waals surface area (Å²) in [6.07, 6.45) is 1.88. The fourth-order valence-corrected chi connectivity index (χ4v) is 3.29. The molecule has 0 unspecified atom stereocenters. The molecule has 2 heterocycles. The Bertz CT molecular complexity index is 727. The molecule has 1 aliphatic rings. The summed E-state index contributed by atoms with van der Waals surface area (Å²) in [5.74, 6) is 0.967. The van der Waals surface area contributed by atoms with Gasteiger partial charge in [-0.1, -0.05) is 6.92 Å². The predicted octanol–water partition coefficient (Wildman–Crippen LogP) is 2.97. The summed E-state index contributed by atoms with van der Waals surface area (Å²) in [7, 11) is 0. The summed E-state index contributed by atoms with van der Waals surface area (Å²) in [6.45, 7) is 4.10. The Labute approximate surface area is 132 Å². The molecule has 1 aliphatic heterocycles. The average Bonchev–Trinajstić information content (AvgIpc) is 3.06. The molecule has 6 nitrogen and oxygen atoms in total. The van der Waals surface area contributed by atoms with E-state index in [9.17, 15) is 4.79 Å². The van der Waals surface area contributed by atoms with Gasteiger partial charge in [0.1, 0.15) is 4.88 Å². The highest BCUT2D eigenvalue weighted by atomic mass is 32.1. The Morgan fingerprint density at radius 3 is 2.86 bits per heavy atom. The van der Waals surface area contributed by atoms with Crippen molar-refractivity contribution in [1.82, 2.24) is 4.98 Å². The minimum absolute atomic E-state index is 0.167. The third-order valence-electron chi connectivity index (χ3n) is 3.30. The molecule has 1 amide bonds. The molecule has 0 bridgehead atoms. The second-order valence-corrected chi connectivity index (χ2v) is 6.10. The van der Waals surface area contributed by atoms with Crippen molar-refractivity contribution in [2.24, 2.45) is 0 Å². The Morgan fingerprint density at radius 2 is 2.14 bits per heavy atom. The molecule has 0 saturated heterocycles. The van der Waals surface area contributed by atoms with Crippen molar-refractivity contribution in [3.8, 4) is 11.5 Å². The SMILES string of the molecule is CCCc1nc(C)c(C(=O)Nc2cc3c(cc2N)OCO3)s1. The quantitative estimate of drug-likeness (QED) is 0.846. The molecule has 0 fully saturated rings. The Kier molecular flexibility index (Phi) is 3.89. The third kappa shape index (κ3) is 2.71. The van der Waals surface area contributed by atoms with E-state index in [0.29, 0.717) is 27.8 Å². The van der Waals surface area contributed by atoms with Gasteiger partial charge in [-0.2, -0.15) is 0 Å². The molecule has 1 aromatic heterocycles. The van der Waals surface area contributed by atoms with Crippen LogP contribution in [0.1, 0.15) is 33.7 Å². The molecular weight excluding hydrogens is 302 g/mol. The number of hydrogen-bond donors (Lipinski definition) is 2. The normalized spacial score (nSPS) is 12.5. The molecule has 3 N–H and O–H groups in total. The molecule has 3 rings (SSSR count). The van der Waals surface area contributed by atoms with Crippen molar-refractivity contribution in [1.29, 1.82) is 0 Å². The van der Waals surface area contributed by atoms with Gasteiger partial charge in [0.25, 0.3) is 5.91 Å². The van der Waals surface area contributed by atoms with Crippen LogP contribution in [-0.4, -0.2) is 17.7 Å². The van der Waals surface area contributed by atoms with Crippen molar-refractivity contribution in [2.45, 2.75) is 26.7 Å². The molecule has 22 heavy (non-hydrogen) atoms. The first-order chi connectivity index (χ1) is 10.6. The number of thiazole rings is 1. The number of hydrogen-bond acceptors (Lipinski definition) is 6. The van der Waals surface area contributed by atoms with Crippen LogP contribution in [0.2, 0.25) is 0 Å². The number of fused-ring (bicyclic) bond motifs is 1. The number of nitrogens with zero attached hydrogens (tertiary/aromatic N) is 1. The van der Waals surface area contributed by atoms with E-state index in [1.165, 1.54) is 11.3 Å². The monoisotopic (exact) mass is 319 g/mol. The number of rotatable bonds is 4. The molecule has 0 saturated carbocycles. The summed E-state index contributed by atoms with van der Waals surface area (Å²) in [5.41, 5.74) is 7.64. The van der Waals surface area contributed by atoms with Crippen LogP contribution in [0.4, 0.5) is 11.4 Å². The zero-order valence-corrected chi connectivity index (χ0v) is 13.3. The standard InChI is InChI=1S/C15H17N3O3S/c1-3-4-13-17-8(2)14(22-13)15(19)18-10-6-12-11(5-9(10)16)20-7-21-12/h5-6H,3-4,7,16H2,1-2H3,(H,18,19). The van der Waals surface area contributed by atoms with Crippen molar-refractivity contribution in [3.63, 3.8) is 0 Å². The number of amides is 1. The first kappa shape index (κ1) is 14.6. The Hall–Kier alpha value is -2.28. The summed E-state index contributed by atoms with van der Waals surface area (Å²) < 4.78 is 10.6. The number of ether oxygens (including phenoxy) is 2. The summed E-state index contributed by atoms with van der Waals surface area (Å²) in [5, 5.41) is 3.80. The molecule has 116 valence electrons. The molecule has 2 aromatic rings. The number of carbonyl (C=O) groups excluding carboxylic acids is 1. The smallest absolute Gasteiger partial charge is 0.267 e. The van der Waals surface area contributed by atoms with Crippen LogP contribution < -0.4 is 20.5 Å². The van der Waals surface area contributed by atoms with E-state index >= 15 is 0 Å². The summed E-state index contributed by atoms with van der Waals surface area (Å²) in [6, 6.07) is 3.33. The lowest BCUT2D eigenvalue weighted by molar-refractivity contribution is 0.103. The molecule has 7 heteroatoms. The molecule has 0 atom stereocenters. The van der Waals surface area contributed by atoms with Gasteiger partial charge >= 0.3 is 0 Å². The lowest BCUT2D eigenvalue weighted by Gasteiger charge is -2.08. The highest BCUT2D eigenvalue weighted by Gasteiger charge is 2.20. The third-order valence-corrected chi connectivity index (χ3v) is 4.52. The van der Waals surface area contributed by atoms with E-state index in [1.807, 2.05) is 6.92 Å². The predicted molar refractivity (Wildman–Crippen MR) is 85.8 cm³/mol. The van der Waals surface area contributed by atoms with Crippen LogP contribution in [0, 0.1) is 6.92 Å². The van der Waals surface area contributed by atoms with Gasteiger partial charge in [0.15, 0.2) is 11.5 Å². The number of benzene rings is 1. The molecule has 0 aliphatic carbocycles. The van der Waals surface area contributed by atoms with Crippen molar-refractivity contribution >= 4 is 28.6 Å². The number of aromatic nitrogens is 1. The van der Waals surface area contributed by atoms with E-state index < -0.39 is 0 Å². The number of anilines is 2. The fourth-order valence-electron chi connectivity index (χ4n) is 2.23. The van der Waals surface area contributed by atoms with Gasteiger partial charge in [0.05, 0.1) is 22.1 Å². The molecule has 0 radical (unpaired) electrons. The largest absolute Gasteiger partial charge is 0.454 e. The van der Waals surface area contributed by atoms with Gasteiger partial charge in [-0.3, -0.25) is 4.79 Å². The van der Waals surface area contributed by atoms with Gasteiger partial charge in [-0.05, 0) is 19.8 Å². The lowest BCUT2D eigenvalue weighted by atomic mass is 10.2. The maximum absolute atomic E-state index is 12.4. The van der Waals surface area contributed by atoms with E-state index in [-0.39, 0.29) is 12.7 Å². The zero-order chi connectivity index (χ0) is 15.7. The van der Waals surface area contributed by atoms with Crippen LogP contribution in [0.15, 0.2) is 12.1 Å². The molecule has 1 aromatic carbocycles. The highest BCUT2D eigenvalue weighted by Crippen LogP contribution is 2.38. The van der Waals surface area contributed by atoms with Crippen molar-refractivity contribution < 1.29 is 14.3 Å². The van der Waals surface area contributed by atoms with Crippen molar-refractivity contribution in [3.05, 3.63) is 27.7 Å². The zero-order valence-electron chi connectivity index (χ0n) is 12.4. The molecular formula is C15H17N3O3S. The maximum atomic E-state index is 12.4. The van der Waals surface area contributed by atoms with Crippen LogP contribution in [-0.2, 0) is 6.42 Å². The maximum Gasteiger partial charge on any atom is 0.267 e. The minimum Gasteiger partial charge on any atom is -0.454 e. The van der Waals surface area contributed by atoms with Crippen LogP contribution in [0.25, 0.3) is 0 Å². The van der Waals surface area contributed by atoms with Gasteiger partial charge in [0.2, 0.25) is 6.79 Å². The number of carbonyl (C=O) groups is 1. The highest BCUT2D eigenvalue weighted by molar-refractivity contribution is 7.13. The van der Waals surface area contributed by atoms with Gasteiger partial charge < -0.3 is 20.5 Å². The Morgan fingerprint density at radius 1 is 1.41 bits per heavy atom. The minimum atomic E-state index is -0.206. The fraction of sp³-hybridized carbons (Fsp3) is 0.333. The van der Waals surface area contributed by atoms with E-state index in [0.717, 1.165) is 23.5 Å². The number of aryl methyl sites for hydroxylation is 2. The average molecular weight is 319 g/mol. The van der Waals surface area contributed by atoms with Crippen LogP contribution in [0.5, 0.6) is 11.5 Å². The first-order valence-corrected chi connectivity index (χ1v) is 7.87. The van der Waals surface area contributed by atoms with Gasteiger partial charge in [-0.15, -0.1) is 11.3 Å². The second-order valence-electron chi connectivity index (χ2n) is 5.02. The Balaban J connectivity index is 1.82. The van der Waals surface area contributed by atoms with E-state index in [4.69, 9.17) is 15.2 Å². The topological polar surface area (TPSA) is 86.5 Å². The van der Waals surface area contributed by atoms with Gasteiger partial charge in [-0.25, -0.2) is 4.98 Å². The van der Waals surface area contributed by atoms with Crippen molar-refractivity contribution in [2.75, 3.05) is 17.8 Å². The van der Waals surface area contributed by atoms with Crippen LogP contribution >= 0.6 is 11.3 Å². The van der Waals surface area contributed by atoms with Crippen LogP contribution in [0.3, 0.4) is 0 Å². The number of nitrogens with two attached hydrogens (primary N) is 1. The summed E-state index contributed by atoms with van der Waals surface area (Å²) in [4.78, 5) is 17.5. The number of nitrogens with one attached hydrogen (secondary N) is 1. The van der Waals surface area contributed by atoms with Gasteiger partial charge in [0, 0.05) is 12.1 Å².